The first-order valence-electron chi connectivity index (χ1n) is 10.1. The van der Waals surface area contributed by atoms with E-state index in [0.717, 1.165) is 0 Å². The Kier molecular flexibility index (Phi) is 152. The Labute approximate surface area is 520 Å². The van der Waals surface area contributed by atoms with Gasteiger partial charge in [0, 0.05) is 327 Å². The maximum atomic E-state index is 10.1. The van der Waals surface area contributed by atoms with Gasteiger partial charge in [0.05, 0.1) is 0 Å². The maximum Gasteiger partial charge on any atom is 0 e. The molecule has 0 spiro atoms. The van der Waals surface area contributed by atoms with Gasteiger partial charge in [0.25, 0.3) is 0 Å². The van der Waals surface area contributed by atoms with Gasteiger partial charge in [-0.05, 0) is 0 Å². The Morgan fingerprint density at radius 3 is 0.889 bits per heavy atom. The van der Waals surface area contributed by atoms with E-state index < -0.39 is 17.3 Å². The quantitative estimate of drug-likeness (QED) is 0.201. The Balaban J connectivity index is -0.0000000223. The summed E-state index contributed by atoms with van der Waals surface area (Å²) in [6.45, 7) is 7.89. The van der Waals surface area contributed by atoms with Gasteiger partial charge in [-0.3, -0.25) is 62.9 Å². The van der Waals surface area contributed by atoms with Gasteiger partial charge in [-0.15, -0.1) is 0 Å². The molecule has 0 amide bonds. The topological polar surface area (TPSA) is 171 Å². The van der Waals surface area contributed by atoms with E-state index in [4.69, 9.17) is 0 Å². The van der Waals surface area contributed by atoms with Crippen LogP contribution in [0.25, 0.3) is 0 Å². The van der Waals surface area contributed by atoms with Crippen molar-refractivity contribution in [1.29, 1.82) is 0 Å². The minimum Gasteiger partial charge on any atom is -0.542 e. The van der Waals surface area contributed by atoms with Crippen LogP contribution in [0.1, 0.15) is 60.3 Å². The number of rotatable bonds is 16. The molecule has 0 aliphatic rings. The average Bonchev–Trinajstić information content (AvgIpc) is 2.87. The van der Waals surface area contributed by atoms with Crippen LogP contribution >= 0.6 is 0 Å². The molecular formula is C25H28O10Y10-10. The van der Waals surface area contributed by atoms with Crippen molar-refractivity contribution < 1.29 is 375 Å². The molecular weight excluding hydrogens is 1350 g/mol. The molecule has 5 atom stereocenters. The summed E-state index contributed by atoms with van der Waals surface area (Å²) in [7, 11) is 0. The summed E-state index contributed by atoms with van der Waals surface area (Å²) in [4.78, 5) is 98.1. The summed E-state index contributed by atoms with van der Waals surface area (Å²) in [5.41, 5.74) is -1.01. The van der Waals surface area contributed by atoms with Crippen molar-refractivity contribution in [1.82, 2.24) is 0 Å². The Morgan fingerprint density at radius 2 is 0.733 bits per heavy atom. The molecule has 0 aromatic carbocycles. The van der Waals surface area contributed by atoms with E-state index in [1.54, 1.807) is 83.6 Å². The van der Waals surface area contributed by atoms with E-state index in [-0.39, 0.29) is 371 Å². The monoisotopic (exact) mass is 1380 g/mol. The molecule has 45 heavy (non-hydrogen) atoms. The molecule has 0 aliphatic carbocycles. The fourth-order valence-electron chi connectivity index (χ4n) is 1.32. The van der Waals surface area contributed by atoms with Crippen molar-refractivity contribution in [3.05, 3.63) is 0 Å². The first-order valence-corrected chi connectivity index (χ1v) is 10.1. The van der Waals surface area contributed by atoms with Crippen LogP contribution in [0.4, 0.5) is 0 Å². The molecule has 0 heterocycles. The van der Waals surface area contributed by atoms with Gasteiger partial charge in [-0.25, -0.2) is 0 Å². The summed E-state index contributed by atoms with van der Waals surface area (Å²) < 4.78 is 0. The minimum absolute atomic E-state index is 0. The second-order valence-electron chi connectivity index (χ2n) is 7.46. The van der Waals surface area contributed by atoms with Crippen LogP contribution in [0, 0.1) is 35.0 Å². The van der Waals surface area contributed by atoms with Crippen molar-refractivity contribution in [2.75, 3.05) is 0 Å². The normalized spacial score (nSPS) is 10.7. The van der Waals surface area contributed by atoms with Gasteiger partial charge in [0.2, 0.25) is 0 Å². The van der Waals surface area contributed by atoms with E-state index in [1.165, 1.54) is 13.8 Å². The zero-order valence-electron chi connectivity index (χ0n) is 26.1. The van der Waals surface area contributed by atoms with Crippen molar-refractivity contribution in [2.45, 2.75) is 60.3 Å². The Hall–Kier alpha value is 7.74. The number of carbonyl (C=O) groups excluding carboxylic acids is 10. The van der Waals surface area contributed by atoms with E-state index in [0.29, 0.717) is 0 Å². The van der Waals surface area contributed by atoms with E-state index in [1.807, 2.05) is 0 Å². The van der Waals surface area contributed by atoms with Crippen molar-refractivity contribution in [3.63, 3.8) is 0 Å². The third-order valence-corrected chi connectivity index (χ3v) is 4.13. The molecule has 0 N–H and O–H groups in total. The average molecular weight is 1380 g/mol. The molecule has 0 rings (SSSR count). The summed E-state index contributed by atoms with van der Waals surface area (Å²) in [6, 6.07) is 0. The fourth-order valence-corrected chi connectivity index (χ4v) is 1.32. The first kappa shape index (κ1) is 94.1. The van der Waals surface area contributed by atoms with E-state index in [2.05, 4.69) is 0 Å². The van der Waals surface area contributed by atoms with Gasteiger partial charge in [0.15, 0.2) is 0 Å². The molecule has 0 aliphatic heterocycles. The van der Waals surface area contributed by atoms with E-state index in [9.17, 15) is 47.9 Å². The first-order chi connectivity index (χ1) is 16.5. The second kappa shape index (κ2) is 72.9. The molecule has 10 radical (unpaired) electrons. The summed E-state index contributed by atoms with van der Waals surface area (Å²) in [5, 5.41) is 0. The smallest absolute Gasteiger partial charge is 0 e. The van der Waals surface area contributed by atoms with Crippen molar-refractivity contribution in [3.8, 4) is 0 Å². The largest absolute Gasteiger partial charge is 0.542 e. The molecule has 5 unspecified atom stereocenters. The second-order valence-corrected chi connectivity index (χ2v) is 7.46. The van der Waals surface area contributed by atoms with Crippen LogP contribution in [-0.2, 0) is 375 Å². The van der Waals surface area contributed by atoms with Gasteiger partial charge < -0.3 is 47.9 Å². The van der Waals surface area contributed by atoms with Gasteiger partial charge in [0.1, 0.15) is 0 Å². The molecule has 0 aromatic rings. The van der Waals surface area contributed by atoms with Crippen LogP contribution in [-0.4, -0.2) is 62.9 Å². The Morgan fingerprint density at radius 1 is 0.422 bits per heavy atom. The Bertz CT molecular complexity index is 657. The molecule has 0 saturated heterocycles. The standard InChI is InChI=1S/2C7H7O3.C6H8O2.C5H6O2.10Y/c1-7(6-10,2-4-8)3-5-9;1-6(4-9)7(5-10)2-3-8;1-5(3-7)6(2)4-8;1-5(4-7)2-3-6;;;;;;;;;;/h2-3H2,1H3;6-7H,2H2,1H3;5-6H,1-2H3;5H,2H2,1H3;;;;;;;;;;/q2*-3;2*-2;;;;;;;;;;. The van der Waals surface area contributed by atoms with Crippen LogP contribution in [0.15, 0.2) is 0 Å². The van der Waals surface area contributed by atoms with Crippen molar-refractivity contribution in [2.24, 2.45) is 35.0 Å². The number of hydrogen-bond acceptors (Lipinski definition) is 10. The summed E-state index contributed by atoms with van der Waals surface area (Å²) in [6.07, 6.45) is 16.0. The van der Waals surface area contributed by atoms with Crippen LogP contribution < -0.4 is 0 Å². The minimum atomic E-state index is -1.01. The molecule has 0 aromatic heterocycles. The third-order valence-electron chi connectivity index (χ3n) is 4.13. The van der Waals surface area contributed by atoms with E-state index >= 15 is 0 Å². The summed E-state index contributed by atoms with van der Waals surface area (Å²) in [5.74, 6) is -2.13. The zero-order chi connectivity index (χ0) is 28.3. The third kappa shape index (κ3) is 70.1. The molecule has 0 saturated carbocycles. The molecule has 0 bridgehead atoms. The molecule has 228 valence electrons. The summed E-state index contributed by atoms with van der Waals surface area (Å²) >= 11 is 0. The fraction of sp³-hybridized carbons (Fsp3) is 0.600. The van der Waals surface area contributed by atoms with Crippen LogP contribution in [0.3, 0.4) is 0 Å². The van der Waals surface area contributed by atoms with Crippen LogP contribution in [0.5, 0.6) is 0 Å². The predicted molar refractivity (Wildman–Crippen MR) is 124 cm³/mol. The van der Waals surface area contributed by atoms with Gasteiger partial charge in [-0.2, -0.15) is 60.7 Å². The van der Waals surface area contributed by atoms with Gasteiger partial charge >= 0.3 is 0 Å². The SMILES string of the molecule is CC([C-]=O)(C[C-]=O)C[C-]=O.CC([C-]=O)C(C)[C-]=O.CC([C-]=O)C([C-]=O)C[C-]=O.CC([C-]=O)C[C-]=O.[Y].[Y].[Y].[Y].[Y].[Y].[Y].[Y].[Y].[Y]. The molecule has 0 fully saturated rings. The maximum absolute atomic E-state index is 10.1. The zero-order valence-corrected chi connectivity index (χ0v) is 54.5. The molecule has 10 nitrogen and oxygen atoms in total. The van der Waals surface area contributed by atoms with Gasteiger partial charge in [-0.1, -0.05) is 34.6 Å². The van der Waals surface area contributed by atoms with Crippen LogP contribution in [0.2, 0.25) is 0 Å². The predicted octanol–water partition coefficient (Wildman–Crippen LogP) is 0.745. The molecule has 20 heteroatoms. The number of hydrogen-bond donors (Lipinski definition) is 0. The van der Waals surface area contributed by atoms with Crippen molar-refractivity contribution >= 4 is 62.9 Å².